The number of hydrogen-bond donors (Lipinski definition) is 1. The molecule has 0 bridgehead atoms. The number of esters is 2. The fourth-order valence-corrected chi connectivity index (χ4v) is 4.41. The summed E-state index contributed by atoms with van der Waals surface area (Å²) in [7, 11) is 0. The third-order valence-electron chi connectivity index (χ3n) is 6.38. The molecule has 0 aliphatic carbocycles. The molecule has 0 amide bonds. The smallest absolute Gasteiger partial charge is 0.313 e. The predicted molar refractivity (Wildman–Crippen MR) is 163 cm³/mol. The number of phenolic OH excluding ortho intramolecular Hbond substituents is 1. The zero-order chi connectivity index (χ0) is 30.2. The molecule has 3 rings (SSSR count). The van der Waals surface area contributed by atoms with Gasteiger partial charge in [-0.15, -0.1) is 0 Å². The van der Waals surface area contributed by atoms with Gasteiger partial charge in [-0.3, -0.25) is 9.59 Å². The fourth-order valence-electron chi connectivity index (χ4n) is 4.41. The highest BCUT2D eigenvalue weighted by atomic mass is 16.5. The molecular weight excluding hydrogens is 516 g/mol. The van der Waals surface area contributed by atoms with Gasteiger partial charge >= 0.3 is 11.9 Å². The van der Waals surface area contributed by atoms with E-state index in [1.165, 1.54) is 0 Å². The maximum atomic E-state index is 12.2. The van der Waals surface area contributed by atoms with Crippen molar-refractivity contribution in [3.63, 3.8) is 0 Å². The molecule has 2 atom stereocenters. The van der Waals surface area contributed by atoms with Crippen LogP contribution >= 0.6 is 0 Å². The van der Waals surface area contributed by atoms with Crippen LogP contribution in [0.15, 0.2) is 78.9 Å². The average Bonchev–Trinajstić information content (AvgIpc) is 2.95. The standard InChI is InChI=1S/C21H26O3.C14H20O3/c1-4-23-21(22)20(14-16(2)3)18-10-12-19(13-11-18)24-15-17-8-6-5-7-9-17;1-4-17-14(16)13(9-10(2)3)11-5-7-12(15)8-6-11/h5-13,16,20H,4,14-15H2,1-3H3;5-8,10,13,15H,4,9H2,1-3H3. The summed E-state index contributed by atoms with van der Waals surface area (Å²) in [6.45, 7) is 13.4. The first kappa shape index (κ1) is 33.4. The maximum absolute atomic E-state index is 12.2. The molecule has 3 aromatic carbocycles. The average molecular weight is 563 g/mol. The van der Waals surface area contributed by atoms with Crippen molar-refractivity contribution < 1.29 is 28.9 Å². The summed E-state index contributed by atoms with van der Waals surface area (Å²) in [5.41, 5.74) is 3.01. The molecule has 0 aliphatic heterocycles. The fraction of sp³-hybridized carbons (Fsp3) is 0.429. The molecule has 3 aromatic rings. The van der Waals surface area contributed by atoms with Crippen molar-refractivity contribution in [1.82, 2.24) is 0 Å². The van der Waals surface area contributed by atoms with Crippen LogP contribution in [0, 0.1) is 11.8 Å². The normalized spacial score (nSPS) is 12.2. The van der Waals surface area contributed by atoms with Gasteiger partial charge in [-0.25, -0.2) is 0 Å². The van der Waals surface area contributed by atoms with Crippen molar-refractivity contribution in [2.75, 3.05) is 13.2 Å². The van der Waals surface area contributed by atoms with Gasteiger partial charge in [0, 0.05) is 0 Å². The number of phenols is 1. The minimum atomic E-state index is -0.240. The van der Waals surface area contributed by atoms with E-state index in [-0.39, 0.29) is 29.5 Å². The third-order valence-corrected chi connectivity index (χ3v) is 6.38. The Morgan fingerprint density at radius 3 is 1.51 bits per heavy atom. The van der Waals surface area contributed by atoms with Gasteiger partial charge in [0.25, 0.3) is 0 Å². The van der Waals surface area contributed by atoms with E-state index in [0.717, 1.165) is 35.3 Å². The van der Waals surface area contributed by atoms with Crippen LogP contribution in [0.1, 0.15) is 82.9 Å². The molecular formula is C35H46O6. The molecule has 2 unspecified atom stereocenters. The van der Waals surface area contributed by atoms with Gasteiger partial charge in [-0.2, -0.15) is 0 Å². The first-order valence-corrected chi connectivity index (χ1v) is 14.5. The van der Waals surface area contributed by atoms with E-state index in [2.05, 4.69) is 27.7 Å². The van der Waals surface area contributed by atoms with Crippen LogP contribution in [0.5, 0.6) is 11.5 Å². The van der Waals surface area contributed by atoms with E-state index < -0.39 is 0 Å². The van der Waals surface area contributed by atoms with Gasteiger partial charge in [0.2, 0.25) is 0 Å². The number of benzene rings is 3. The van der Waals surface area contributed by atoms with Crippen LogP contribution in [0.3, 0.4) is 0 Å². The second kappa shape index (κ2) is 17.8. The highest BCUT2D eigenvalue weighted by Gasteiger charge is 2.24. The van der Waals surface area contributed by atoms with E-state index >= 15 is 0 Å². The van der Waals surface area contributed by atoms with Crippen LogP contribution < -0.4 is 4.74 Å². The number of hydrogen-bond acceptors (Lipinski definition) is 6. The summed E-state index contributed by atoms with van der Waals surface area (Å²) < 4.78 is 16.1. The van der Waals surface area contributed by atoms with E-state index in [0.29, 0.717) is 31.7 Å². The Hall–Kier alpha value is -3.80. The monoisotopic (exact) mass is 562 g/mol. The minimum Gasteiger partial charge on any atom is -0.508 e. The molecule has 0 saturated carbocycles. The minimum absolute atomic E-state index is 0.149. The highest BCUT2D eigenvalue weighted by molar-refractivity contribution is 5.78. The van der Waals surface area contributed by atoms with Gasteiger partial charge < -0.3 is 19.3 Å². The Labute approximate surface area is 245 Å². The van der Waals surface area contributed by atoms with E-state index in [9.17, 15) is 14.7 Å². The number of aromatic hydroxyl groups is 1. The lowest BCUT2D eigenvalue weighted by molar-refractivity contribution is -0.146. The molecule has 1 N–H and O–H groups in total. The Kier molecular flexibility index (Phi) is 14.5. The van der Waals surface area contributed by atoms with E-state index in [1.807, 2.05) is 61.5 Å². The van der Waals surface area contributed by atoms with Crippen molar-refractivity contribution in [3.05, 3.63) is 95.6 Å². The van der Waals surface area contributed by atoms with Gasteiger partial charge in [0.1, 0.15) is 18.1 Å². The molecule has 0 aliphatic rings. The SMILES string of the molecule is CCOC(=O)C(CC(C)C)c1ccc(O)cc1.CCOC(=O)C(CC(C)C)c1ccc(OCc2ccccc2)cc1. The quantitative estimate of drug-likeness (QED) is 0.212. The Morgan fingerprint density at radius 1 is 0.659 bits per heavy atom. The van der Waals surface area contributed by atoms with Crippen LogP contribution in [0.4, 0.5) is 0 Å². The van der Waals surface area contributed by atoms with Crippen molar-refractivity contribution in [1.29, 1.82) is 0 Å². The summed E-state index contributed by atoms with van der Waals surface area (Å²) in [5.74, 6) is 1.06. The number of carbonyl (C=O) groups excluding carboxylic acids is 2. The summed E-state index contributed by atoms with van der Waals surface area (Å²) in [4.78, 5) is 24.1. The van der Waals surface area contributed by atoms with E-state index in [1.54, 1.807) is 31.2 Å². The summed E-state index contributed by atoms with van der Waals surface area (Å²) in [6, 6.07) is 24.6. The first-order valence-electron chi connectivity index (χ1n) is 14.5. The molecule has 0 saturated heterocycles. The van der Waals surface area contributed by atoms with Gasteiger partial charge in [0.15, 0.2) is 0 Å². The summed E-state index contributed by atoms with van der Waals surface area (Å²) >= 11 is 0. The summed E-state index contributed by atoms with van der Waals surface area (Å²) in [5, 5.41) is 9.25. The molecule has 0 spiro atoms. The zero-order valence-electron chi connectivity index (χ0n) is 25.3. The van der Waals surface area contributed by atoms with Crippen LogP contribution in [0.2, 0.25) is 0 Å². The predicted octanol–water partition coefficient (Wildman–Crippen LogP) is 8.04. The molecule has 0 heterocycles. The number of rotatable bonds is 13. The largest absolute Gasteiger partial charge is 0.508 e. The van der Waals surface area contributed by atoms with Crippen LogP contribution in [-0.2, 0) is 25.7 Å². The van der Waals surface area contributed by atoms with Gasteiger partial charge in [0.05, 0.1) is 25.0 Å². The molecule has 6 heteroatoms. The zero-order valence-corrected chi connectivity index (χ0v) is 25.3. The molecule has 0 aromatic heterocycles. The Balaban J connectivity index is 0.000000305. The lowest BCUT2D eigenvalue weighted by atomic mass is 9.90. The van der Waals surface area contributed by atoms with Gasteiger partial charge in [-0.05, 0) is 79.5 Å². The molecule has 222 valence electrons. The van der Waals surface area contributed by atoms with Crippen molar-refractivity contribution >= 4 is 11.9 Å². The summed E-state index contributed by atoms with van der Waals surface area (Å²) in [6.07, 6.45) is 1.53. The Bertz CT molecular complexity index is 1150. The first-order chi connectivity index (χ1) is 19.6. The van der Waals surface area contributed by atoms with Crippen LogP contribution in [-0.4, -0.2) is 30.3 Å². The second-order valence-electron chi connectivity index (χ2n) is 10.8. The number of ether oxygens (including phenoxy) is 3. The molecule has 0 radical (unpaired) electrons. The highest BCUT2D eigenvalue weighted by Crippen LogP contribution is 2.28. The van der Waals surface area contributed by atoms with E-state index in [4.69, 9.17) is 14.2 Å². The van der Waals surface area contributed by atoms with Crippen molar-refractivity contribution in [3.8, 4) is 11.5 Å². The second-order valence-corrected chi connectivity index (χ2v) is 10.8. The third kappa shape index (κ3) is 12.1. The van der Waals surface area contributed by atoms with Crippen molar-refractivity contribution in [2.45, 2.75) is 72.8 Å². The van der Waals surface area contributed by atoms with Gasteiger partial charge in [-0.1, -0.05) is 82.3 Å². The lowest BCUT2D eigenvalue weighted by Gasteiger charge is -2.18. The lowest BCUT2D eigenvalue weighted by Crippen LogP contribution is -2.17. The van der Waals surface area contributed by atoms with Crippen molar-refractivity contribution in [2.24, 2.45) is 11.8 Å². The topological polar surface area (TPSA) is 82.1 Å². The molecule has 0 fully saturated rings. The van der Waals surface area contributed by atoms with Crippen LogP contribution in [0.25, 0.3) is 0 Å². The Morgan fingerprint density at radius 2 is 1.10 bits per heavy atom. The molecule has 41 heavy (non-hydrogen) atoms. The molecule has 6 nitrogen and oxygen atoms in total. The number of carbonyl (C=O) groups is 2. The maximum Gasteiger partial charge on any atom is 0.313 e.